The number of aliphatic imine (C=N–C) groups is 1. The molecule has 5 nitrogen and oxygen atoms in total. The third kappa shape index (κ3) is 8.40. The van der Waals surface area contributed by atoms with Crippen LogP contribution in [-0.2, 0) is 11.3 Å². The van der Waals surface area contributed by atoms with E-state index in [9.17, 15) is 0 Å². The van der Waals surface area contributed by atoms with Crippen LogP contribution in [0.2, 0.25) is 0 Å². The van der Waals surface area contributed by atoms with Crippen molar-refractivity contribution in [1.82, 2.24) is 15.2 Å². The maximum Gasteiger partial charge on any atom is 0.191 e. The lowest BCUT2D eigenvalue weighted by atomic mass is 10.1. The second-order valence-corrected chi connectivity index (χ2v) is 5.62. The third-order valence-electron chi connectivity index (χ3n) is 3.80. The average Bonchev–Trinajstić information content (AvgIpc) is 3.14. The molecule has 0 aliphatic heterocycles. The number of ether oxygens (including phenoxy) is 1. The number of benzene rings is 1. The Bertz CT molecular complexity index is 587. The van der Waals surface area contributed by atoms with Crippen molar-refractivity contribution in [3.05, 3.63) is 60.4 Å². The summed E-state index contributed by atoms with van der Waals surface area (Å²) in [6.45, 7) is 5.42. The molecule has 1 aromatic heterocycles. The predicted molar refractivity (Wildman–Crippen MR) is 115 cm³/mol. The predicted octanol–water partition coefficient (Wildman–Crippen LogP) is 3.44. The average molecular weight is 456 g/mol. The second kappa shape index (κ2) is 12.8. The lowest BCUT2D eigenvalue weighted by Crippen LogP contribution is -2.39. The fraction of sp³-hybridized carbons (Fsp3) is 0.421. The van der Waals surface area contributed by atoms with Crippen LogP contribution in [0.1, 0.15) is 25.0 Å². The van der Waals surface area contributed by atoms with E-state index in [4.69, 9.17) is 4.74 Å². The monoisotopic (exact) mass is 456 g/mol. The van der Waals surface area contributed by atoms with Crippen LogP contribution >= 0.6 is 24.0 Å². The van der Waals surface area contributed by atoms with Gasteiger partial charge in [-0.05, 0) is 31.0 Å². The Kier molecular flexibility index (Phi) is 11.0. The van der Waals surface area contributed by atoms with Gasteiger partial charge >= 0.3 is 0 Å². The van der Waals surface area contributed by atoms with E-state index < -0.39 is 0 Å². The van der Waals surface area contributed by atoms with Crippen LogP contribution in [0.3, 0.4) is 0 Å². The van der Waals surface area contributed by atoms with Crippen molar-refractivity contribution < 1.29 is 4.74 Å². The van der Waals surface area contributed by atoms with E-state index in [1.807, 2.05) is 30.3 Å². The molecule has 0 fully saturated rings. The van der Waals surface area contributed by atoms with Crippen molar-refractivity contribution in [2.75, 3.05) is 26.7 Å². The summed E-state index contributed by atoms with van der Waals surface area (Å²) >= 11 is 0. The Morgan fingerprint density at radius 1 is 1.08 bits per heavy atom. The van der Waals surface area contributed by atoms with Gasteiger partial charge in [-0.3, -0.25) is 4.99 Å². The zero-order valence-corrected chi connectivity index (χ0v) is 17.4. The molecule has 6 heteroatoms. The van der Waals surface area contributed by atoms with E-state index in [1.165, 1.54) is 5.56 Å². The first-order valence-corrected chi connectivity index (χ1v) is 8.51. The molecular formula is C19H29IN4O. The van der Waals surface area contributed by atoms with Crippen LogP contribution in [0.15, 0.2) is 59.9 Å². The summed E-state index contributed by atoms with van der Waals surface area (Å²) < 4.78 is 8.01. The number of hydrogen-bond donors (Lipinski definition) is 2. The van der Waals surface area contributed by atoms with Gasteiger partial charge in [-0.1, -0.05) is 30.3 Å². The van der Waals surface area contributed by atoms with Gasteiger partial charge in [0.25, 0.3) is 0 Å². The van der Waals surface area contributed by atoms with Crippen molar-refractivity contribution in [3.8, 4) is 0 Å². The van der Waals surface area contributed by atoms with Crippen LogP contribution in [0.5, 0.6) is 0 Å². The summed E-state index contributed by atoms with van der Waals surface area (Å²) in [5.41, 5.74) is 1.22. The van der Waals surface area contributed by atoms with Crippen molar-refractivity contribution in [2.24, 2.45) is 4.99 Å². The maximum absolute atomic E-state index is 5.87. The number of nitrogens with zero attached hydrogens (tertiary/aromatic N) is 2. The maximum atomic E-state index is 5.87. The fourth-order valence-electron chi connectivity index (χ4n) is 2.40. The molecule has 0 radical (unpaired) electrons. The van der Waals surface area contributed by atoms with Gasteiger partial charge in [-0.15, -0.1) is 24.0 Å². The van der Waals surface area contributed by atoms with Crippen molar-refractivity contribution in [3.63, 3.8) is 0 Å². The minimum atomic E-state index is 0. The van der Waals surface area contributed by atoms with E-state index in [0.29, 0.717) is 0 Å². The number of aromatic nitrogens is 1. The van der Waals surface area contributed by atoms with Gasteiger partial charge in [0.1, 0.15) is 0 Å². The molecular weight excluding hydrogens is 427 g/mol. The van der Waals surface area contributed by atoms with Gasteiger partial charge in [0.15, 0.2) is 5.96 Å². The summed E-state index contributed by atoms with van der Waals surface area (Å²) in [6, 6.07) is 14.4. The van der Waals surface area contributed by atoms with Crippen LogP contribution < -0.4 is 10.6 Å². The molecule has 1 aromatic carbocycles. The molecule has 1 heterocycles. The zero-order valence-electron chi connectivity index (χ0n) is 15.0. The van der Waals surface area contributed by atoms with E-state index in [1.54, 1.807) is 7.05 Å². The topological polar surface area (TPSA) is 50.6 Å². The van der Waals surface area contributed by atoms with Gasteiger partial charge < -0.3 is 19.9 Å². The number of halogens is 1. The second-order valence-electron chi connectivity index (χ2n) is 5.62. The van der Waals surface area contributed by atoms with Gasteiger partial charge in [0.2, 0.25) is 0 Å². The van der Waals surface area contributed by atoms with E-state index in [-0.39, 0.29) is 30.1 Å². The highest BCUT2D eigenvalue weighted by atomic mass is 127. The van der Waals surface area contributed by atoms with Crippen molar-refractivity contribution in [1.29, 1.82) is 0 Å². The normalized spacial score (nSPS) is 12.3. The minimum Gasteiger partial charge on any atom is -0.374 e. The zero-order chi connectivity index (χ0) is 17.0. The summed E-state index contributed by atoms with van der Waals surface area (Å²) in [6.07, 6.45) is 5.19. The SMILES string of the molecule is CN=C(NCCCOC(C)c1ccccc1)NCCn1cccc1.I. The molecule has 138 valence electrons. The number of hydrogen-bond acceptors (Lipinski definition) is 2. The molecule has 2 aromatic rings. The van der Waals surface area contributed by atoms with Gasteiger partial charge in [0.05, 0.1) is 6.10 Å². The molecule has 0 saturated heterocycles. The third-order valence-corrected chi connectivity index (χ3v) is 3.80. The largest absolute Gasteiger partial charge is 0.374 e. The molecule has 1 atom stereocenters. The number of guanidine groups is 1. The quantitative estimate of drug-likeness (QED) is 0.263. The van der Waals surface area contributed by atoms with Gasteiger partial charge in [0, 0.05) is 45.7 Å². The molecule has 1 unspecified atom stereocenters. The Balaban J connectivity index is 0.00000312. The highest BCUT2D eigenvalue weighted by molar-refractivity contribution is 14.0. The Hall–Kier alpha value is -1.54. The van der Waals surface area contributed by atoms with Gasteiger partial charge in [-0.25, -0.2) is 0 Å². The van der Waals surface area contributed by atoms with Crippen molar-refractivity contribution in [2.45, 2.75) is 26.0 Å². The smallest absolute Gasteiger partial charge is 0.191 e. The molecule has 25 heavy (non-hydrogen) atoms. The molecule has 0 bridgehead atoms. The molecule has 0 spiro atoms. The first-order valence-electron chi connectivity index (χ1n) is 8.51. The molecule has 2 rings (SSSR count). The Morgan fingerprint density at radius 2 is 1.76 bits per heavy atom. The fourth-order valence-corrected chi connectivity index (χ4v) is 2.40. The molecule has 0 amide bonds. The molecule has 0 aliphatic carbocycles. The summed E-state index contributed by atoms with van der Waals surface area (Å²) in [7, 11) is 1.79. The van der Waals surface area contributed by atoms with E-state index in [0.717, 1.165) is 38.6 Å². The lowest BCUT2D eigenvalue weighted by Gasteiger charge is -2.15. The van der Waals surface area contributed by atoms with E-state index in [2.05, 4.69) is 51.6 Å². The van der Waals surface area contributed by atoms with Crippen LogP contribution in [0.4, 0.5) is 0 Å². The molecule has 0 aliphatic rings. The Labute approximate surface area is 167 Å². The standard InChI is InChI=1S/C19H28N4O.HI/c1-17(18-9-4-3-5-10-18)24-16-8-11-21-19(20-2)22-12-15-23-13-6-7-14-23;/h3-7,9-10,13-14,17H,8,11-12,15-16H2,1-2H3,(H2,20,21,22);1H. The van der Waals surface area contributed by atoms with Crippen LogP contribution in [-0.4, -0.2) is 37.3 Å². The first-order chi connectivity index (χ1) is 11.8. The minimum absolute atomic E-state index is 0. The summed E-state index contributed by atoms with van der Waals surface area (Å²) in [5.74, 6) is 0.832. The highest BCUT2D eigenvalue weighted by Crippen LogP contribution is 2.15. The molecule has 0 saturated carbocycles. The summed E-state index contributed by atoms with van der Waals surface area (Å²) in [4.78, 5) is 4.23. The first kappa shape index (κ1) is 21.5. The van der Waals surface area contributed by atoms with E-state index >= 15 is 0 Å². The summed E-state index contributed by atoms with van der Waals surface area (Å²) in [5, 5.41) is 6.62. The molecule has 2 N–H and O–H groups in total. The van der Waals surface area contributed by atoms with Crippen LogP contribution in [0.25, 0.3) is 0 Å². The van der Waals surface area contributed by atoms with Gasteiger partial charge in [-0.2, -0.15) is 0 Å². The van der Waals surface area contributed by atoms with Crippen molar-refractivity contribution >= 4 is 29.9 Å². The number of nitrogens with one attached hydrogen (secondary N) is 2. The lowest BCUT2D eigenvalue weighted by molar-refractivity contribution is 0.0646. The number of rotatable bonds is 9. The Morgan fingerprint density at radius 3 is 2.44 bits per heavy atom. The highest BCUT2D eigenvalue weighted by Gasteiger charge is 2.04. The van der Waals surface area contributed by atoms with Crippen LogP contribution in [0, 0.1) is 0 Å².